The number of hydrogen-bond acceptors (Lipinski definition) is 8. The Morgan fingerprint density at radius 1 is 0.865 bits per heavy atom. The molecular formula is C23H36N4O9S. The first-order chi connectivity index (χ1) is 16.8. The van der Waals surface area contributed by atoms with Gasteiger partial charge in [0.25, 0.3) is 0 Å². The molecule has 0 heterocycles. The van der Waals surface area contributed by atoms with Crippen LogP contribution >= 0.6 is 0 Å². The number of benzene rings is 1. The molecule has 0 aliphatic carbocycles. The van der Waals surface area contributed by atoms with Crippen LogP contribution in [0.15, 0.2) is 29.2 Å². The first-order valence-electron chi connectivity index (χ1n) is 11.3. The molecular weight excluding hydrogens is 508 g/mol. The SMILES string of the molecule is CC(C)(C)OC(=O)N(CCN(CC(=O)NCc1ccc(S(N)(=O)=O)cc1)C(=O)OC(C)(C)C)CC(=O)O. The lowest BCUT2D eigenvalue weighted by Gasteiger charge is -2.30. The normalized spacial score (nSPS) is 11.9. The number of sulfonamides is 1. The van der Waals surface area contributed by atoms with E-state index in [1.54, 1.807) is 41.5 Å². The third kappa shape index (κ3) is 12.9. The molecule has 0 saturated carbocycles. The van der Waals surface area contributed by atoms with Gasteiger partial charge in [-0.15, -0.1) is 0 Å². The molecule has 0 aliphatic heterocycles. The van der Waals surface area contributed by atoms with E-state index in [-0.39, 0.29) is 24.5 Å². The third-order valence-electron chi connectivity index (χ3n) is 4.35. The van der Waals surface area contributed by atoms with Crippen molar-refractivity contribution in [3.8, 4) is 0 Å². The second-order valence-electron chi connectivity index (χ2n) is 10.2. The summed E-state index contributed by atoms with van der Waals surface area (Å²) in [5.74, 6) is -1.84. The number of ether oxygens (including phenoxy) is 2. The molecule has 0 bridgehead atoms. The van der Waals surface area contributed by atoms with E-state index in [0.717, 1.165) is 9.80 Å². The van der Waals surface area contributed by atoms with E-state index in [2.05, 4.69) is 5.32 Å². The number of aliphatic carboxylic acids is 1. The number of hydrogen-bond donors (Lipinski definition) is 3. The lowest BCUT2D eigenvalue weighted by Crippen LogP contribution is -2.48. The molecule has 1 aromatic carbocycles. The summed E-state index contributed by atoms with van der Waals surface area (Å²) in [6.45, 7) is 8.30. The van der Waals surface area contributed by atoms with Gasteiger partial charge < -0.3 is 19.9 Å². The van der Waals surface area contributed by atoms with Crippen LogP contribution in [0.25, 0.3) is 0 Å². The van der Waals surface area contributed by atoms with Gasteiger partial charge >= 0.3 is 18.2 Å². The largest absolute Gasteiger partial charge is 0.480 e. The van der Waals surface area contributed by atoms with Gasteiger partial charge in [-0.05, 0) is 59.2 Å². The quantitative estimate of drug-likeness (QED) is 0.392. The van der Waals surface area contributed by atoms with Gasteiger partial charge in [-0.3, -0.25) is 19.4 Å². The van der Waals surface area contributed by atoms with Crippen molar-refractivity contribution in [1.29, 1.82) is 0 Å². The topological polar surface area (TPSA) is 186 Å². The molecule has 0 atom stereocenters. The predicted octanol–water partition coefficient (Wildman–Crippen LogP) is 1.51. The number of nitrogens with two attached hydrogens (primary N) is 1. The first-order valence-corrected chi connectivity index (χ1v) is 12.9. The number of carbonyl (C=O) groups is 4. The number of nitrogens with one attached hydrogen (secondary N) is 1. The van der Waals surface area contributed by atoms with Crippen LogP contribution in [-0.2, 0) is 35.6 Å². The molecule has 37 heavy (non-hydrogen) atoms. The van der Waals surface area contributed by atoms with Crippen molar-refractivity contribution in [2.75, 3.05) is 26.2 Å². The summed E-state index contributed by atoms with van der Waals surface area (Å²) in [6, 6.07) is 5.57. The number of amides is 3. The van der Waals surface area contributed by atoms with Gasteiger partial charge in [0.15, 0.2) is 0 Å². The second-order valence-corrected chi connectivity index (χ2v) is 11.7. The van der Waals surface area contributed by atoms with Crippen molar-refractivity contribution in [2.24, 2.45) is 5.14 Å². The maximum Gasteiger partial charge on any atom is 0.410 e. The molecule has 4 N–H and O–H groups in total. The number of nitrogens with zero attached hydrogens (tertiary/aromatic N) is 2. The summed E-state index contributed by atoms with van der Waals surface area (Å²) in [5.41, 5.74) is -1.16. The fourth-order valence-corrected chi connectivity index (χ4v) is 3.27. The fraction of sp³-hybridized carbons (Fsp3) is 0.565. The molecule has 13 nitrogen and oxygen atoms in total. The lowest BCUT2D eigenvalue weighted by molar-refractivity contribution is -0.138. The summed E-state index contributed by atoms with van der Waals surface area (Å²) in [6.07, 6.45) is -1.72. The minimum atomic E-state index is -3.85. The van der Waals surface area contributed by atoms with Crippen molar-refractivity contribution in [1.82, 2.24) is 15.1 Å². The van der Waals surface area contributed by atoms with Crippen molar-refractivity contribution >= 4 is 34.1 Å². The summed E-state index contributed by atoms with van der Waals surface area (Å²) in [4.78, 5) is 50.9. The maximum atomic E-state index is 12.7. The molecule has 14 heteroatoms. The van der Waals surface area contributed by atoms with E-state index < -0.39 is 58.4 Å². The van der Waals surface area contributed by atoms with Gasteiger partial charge in [-0.2, -0.15) is 0 Å². The summed E-state index contributed by atoms with van der Waals surface area (Å²) in [5, 5.41) is 16.9. The van der Waals surface area contributed by atoms with E-state index in [0.29, 0.717) is 5.56 Å². The third-order valence-corrected chi connectivity index (χ3v) is 5.27. The van der Waals surface area contributed by atoms with Gasteiger partial charge in [-0.1, -0.05) is 12.1 Å². The van der Waals surface area contributed by atoms with Crippen LogP contribution in [0.4, 0.5) is 9.59 Å². The zero-order valence-corrected chi connectivity index (χ0v) is 22.8. The molecule has 1 rings (SSSR count). The summed E-state index contributed by atoms with van der Waals surface area (Å²) >= 11 is 0. The Morgan fingerprint density at radius 2 is 1.30 bits per heavy atom. The standard InChI is InChI=1S/C23H36N4O9S/c1-22(2,3)35-20(31)26(11-12-27(15-19(29)30)21(32)36-23(4,5)6)14-18(28)25-13-16-7-9-17(10-8-16)37(24,33)34/h7-10H,11-15H2,1-6H3,(H,25,28)(H,29,30)(H2,24,33,34). The average Bonchev–Trinajstić information content (AvgIpc) is 2.71. The van der Waals surface area contributed by atoms with E-state index >= 15 is 0 Å². The van der Waals surface area contributed by atoms with Gasteiger partial charge in [-0.25, -0.2) is 23.1 Å². The highest BCUT2D eigenvalue weighted by Crippen LogP contribution is 2.13. The van der Waals surface area contributed by atoms with E-state index in [9.17, 15) is 32.7 Å². The van der Waals surface area contributed by atoms with E-state index in [1.165, 1.54) is 24.3 Å². The van der Waals surface area contributed by atoms with Gasteiger partial charge in [0.05, 0.1) is 4.90 Å². The first kappa shape index (κ1) is 31.6. The number of carboxylic acids is 1. The fourth-order valence-electron chi connectivity index (χ4n) is 2.75. The number of carboxylic acid groups (broad SMARTS) is 1. The van der Waals surface area contributed by atoms with Gasteiger partial charge in [0.1, 0.15) is 24.3 Å². The van der Waals surface area contributed by atoms with Crippen LogP contribution in [-0.4, -0.2) is 84.8 Å². The van der Waals surface area contributed by atoms with E-state index in [1.807, 2.05) is 0 Å². The molecule has 0 radical (unpaired) electrons. The zero-order chi connectivity index (χ0) is 28.6. The van der Waals surface area contributed by atoms with Crippen LogP contribution in [0, 0.1) is 0 Å². The minimum Gasteiger partial charge on any atom is -0.480 e. The summed E-state index contributed by atoms with van der Waals surface area (Å²) < 4.78 is 33.3. The number of primary sulfonamides is 1. The van der Waals surface area contributed by atoms with Gasteiger partial charge in [0, 0.05) is 19.6 Å². The zero-order valence-electron chi connectivity index (χ0n) is 21.9. The molecule has 0 fully saturated rings. The minimum absolute atomic E-state index is 0.0366. The van der Waals surface area contributed by atoms with Gasteiger partial charge in [0.2, 0.25) is 15.9 Å². The maximum absolute atomic E-state index is 12.7. The summed E-state index contributed by atoms with van der Waals surface area (Å²) in [7, 11) is -3.85. The average molecular weight is 545 g/mol. The molecule has 0 saturated heterocycles. The highest BCUT2D eigenvalue weighted by molar-refractivity contribution is 7.89. The smallest absolute Gasteiger partial charge is 0.410 e. The van der Waals surface area contributed by atoms with Crippen molar-refractivity contribution in [2.45, 2.75) is 64.2 Å². The number of carbonyl (C=O) groups excluding carboxylic acids is 3. The van der Waals surface area contributed by atoms with Crippen LogP contribution in [0.3, 0.4) is 0 Å². The highest BCUT2D eigenvalue weighted by Gasteiger charge is 2.28. The van der Waals surface area contributed by atoms with Crippen LogP contribution in [0.2, 0.25) is 0 Å². The van der Waals surface area contributed by atoms with Crippen LogP contribution in [0.1, 0.15) is 47.1 Å². The Balaban J connectivity index is 2.93. The number of rotatable bonds is 10. The van der Waals surface area contributed by atoms with Crippen LogP contribution < -0.4 is 10.5 Å². The Kier molecular flexibility index (Phi) is 10.9. The molecule has 208 valence electrons. The molecule has 0 spiro atoms. The molecule has 0 aliphatic rings. The monoisotopic (exact) mass is 544 g/mol. The van der Waals surface area contributed by atoms with Crippen LogP contribution in [0.5, 0.6) is 0 Å². The van der Waals surface area contributed by atoms with E-state index in [4.69, 9.17) is 14.6 Å². The molecule has 0 aromatic heterocycles. The van der Waals surface area contributed by atoms with Crippen molar-refractivity contribution in [3.63, 3.8) is 0 Å². The second kappa shape index (κ2) is 12.7. The lowest BCUT2D eigenvalue weighted by atomic mass is 10.2. The van der Waals surface area contributed by atoms with Crippen molar-refractivity contribution < 1.29 is 42.2 Å². The Morgan fingerprint density at radius 3 is 1.68 bits per heavy atom. The predicted molar refractivity (Wildman–Crippen MR) is 133 cm³/mol. The Bertz CT molecular complexity index is 1070. The van der Waals surface area contributed by atoms with Crippen molar-refractivity contribution in [3.05, 3.63) is 29.8 Å². The highest BCUT2D eigenvalue weighted by atomic mass is 32.2. The Labute approximate surface area is 216 Å². The Hall–Kier alpha value is -3.39. The molecule has 1 aromatic rings. The molecule has 3 amide bonds. The molecule has 0 unspecified atom stereocenters.